The smallest absolute Gasteiger partial charge is 0.143 e. The van der Waals surface area contributed by atoms with Gasteiger partial charge in [-0.25, -0.2) is 0 Å². The third kappa shape index (κ3) is 4.06. The van der Waals surface area contributed by atoms with E-state index >= 15 is 0 Å². The summed E-state index contributed by atoms with van der Waals surface area (Å²) in [5.41, 5.74) is 6.88. The Morgan fingerprint density at radius 2 is 1.12 bits per heavy atom. The molecular weight excluding hydrogens is 556 g/mol. The third-order valence-corrected chi connectivity index (χ3v) is 8.14. The zero-order valence-electron chi connectivity index (χ0n) is 21.6. The molecular formula is C37H25BrO2. The first-order valence-corrected chi connectivity index (χ1v) is 14.1. The van der Waals surface area contributed by atoms with Crippen LogP contribution < -0.4 is 0 Å². The summed E-state index contributed by atoms with van der Waals surface area (Å²) < 4.78 is 7.25. The fourth-order valence-corrected chi connectivity index (χ4v) is 6.09. The lowest BCUT2D eigenvalue weighted by molar-refractivity contribution is 0.126. The molecule has 40 heavy (non-hydrogen) atoms. The summed E-state index contributed by atoms with van der Waals surface area (Å²) in [6.45, 7) is 0. The molecule has 0 amide bonds. The van der Waals surface area contributed by atoms with Crippen LogP contribution in [0.1, 0.15) is 16.7 Å². The summed E-state index contributed by atoms with van der Waals surface area (Å²) >= 11 is 3.68. The van der Waals surface area contributed by atoms with Crippen molar-refractivity contribution in [1.82, 2.24) is 0 Å². The second-order valence-electron chi connectivity index (χ2n) is 9.99. The van der Waals surface area contributed by atoms with Crippen molar-refractivity contribution in [2.75, 3.05) is 0 Å². The fourth-order valence-electron chi connectivity index (χ4n) is 5.73. The highest BCUT2D eigenvalue weighted by Gasteiger charge is 2.36. The van der Waals surface area contributed by atoms with Crippen LogP contribution in [0.3, 0.4) is 0 Å². The number of furan rings is 1. The molecule has 1 aromatic heterocycles. The molecule has 6 aromatic carbocycles. The Kier molecular flexibility index (Phi) is 6.11. The molecule has 0 atom stereocenters. The van der Waals surface area contributed by atoms with Gasteiger partial charge in [0.25, 0.3) is 0 Å². The number of halogens is 1. The zero-order valence-corrected chi connectivity index (χ0v) is 23.2. The summed E-state index contributed by atoms with van der Waals surface area (Å²) in [5.74, 6) is 0. The molecule has 0 fully saturated rings. The normalized spacial score (nSPS) is 11.8. The Bertz CT molecular complexity index is 1930. The van der Waals surface area contributed by atoms with E-state index in [9.17, 15) is 5.11 Å². The number of benzene rings is 6. The van der Waals surface area contributed by atoms with Crippen molar-refractivity contribution in [3.8, 4) is 22.3 Å². The van der Waals surface area contributed by atoms with Gasteiger partial charge in [-0.1, -0.05) is 137 Å². The quantitative estimate of drug-likeness (QED) is 0.205. The van der Waals surface area contributed by atoms with Crippen molar-refractivity contribution in [2.24, 2.45) is 0 Å². The van der Waals surface area contributed by atoms with Gasteiger partial charge in [-0.2, -0.15) is 0 Å². The van der Waals surface area contributed by atoms with Crippen LogP contribution in [0.15, 0.2) is 154 Å². The maximum Gasteiger partial charge on any atom is 0.143 e. The molecule has 0 spiro atoms. The maximum absolute atomic E-state index is 12.7. The van der Waals surface area contributed by atoms with Crippen LogP contribution in [0.4, 0.5) is 0 Å². The van der Waals surface area contributed by atoms with Crippen LogP contribution in [0.25, 0.3) is 44.2 Å². The minimum Gasteiger partial charge on any atom is -0.455 e. The molecule has 3 heteroatoms. The van der Waals surface area contributed by atoms with Crippen molar-refractivity contribution in [1.29, 1.82) is 0 Å². The van der Waals surface area contributed by atoms with Crippen molar-refractivity contribution < 1.29 is 9.52 Å². The van der Waals surface area contributed by atoms with Crippen molar-refractivity contribution in [2.45, 2.75) is 5.60 Å². The summed E-state index contributed by atoms with van der Waals surface area (Å²) in [7, 11) is 0. The van der Waals surface area contributed by atoms with E-state index in [-0.39, 0.29) is 0 Å². The Morgan fingerprint density at radius 3 is 1.85 bits per heavy atom. The molecule has 0 aliphatic rings. The fraction of sp³-hybridized carbons (Fsp3) is 0.0270. The Hall–Kier alpha value is -4.44. The van der Waals surface area contributed by atoms with Crippen molar-refractivity contribution >= 4 is 37.9 Å². The second kappa shape index (κ2) is 9.95. The Labute approximate surface area is 241 Å². The van der Waals surface area contributed by atoms with Gasteiger partial charge in [0.1, 0.15) is 16.8 Å². The van der Waals surface area contributed by atoms with Crippen molar-refractivity contribution in [3.63, 3.8) is 0 Å². The van der Waals surface area contributed by atoms with E-state index in [1.807, 2.05) is 91.0 Å². The Balaban J connectivity index is 1.44. The van der Waals surface area contributed by atoms with Crippen LogP contribution in [0.5, 0.6) is 0 Å². The molecule has 0 saturated carbocycles. The number of hydrogen-bond acceptors (Lipinski definition) is 2. The first-order chi connectivity index (χ1) is 19.6. The predicted octanol–water partition coefficient (Wildman–Crippen LogP) is 9.97. The van der Waals surface area contributed by atoms with Gasteiger partial charge in [-0.15, -0.1) is 0 Å². The zero-order chi connectivity index (χ0) is 27.1. The first kappa shape index (κ1) is 24.6. The average Bonchev–Trinajstić information content (AvgIpc) is 3.40. The van der Waals surface area contributed by atoms with E-state index in [0.29, 0.717) is 0 Å². The topological polar surface area (TPSA) is 33.4 Å². The molecule has 1 heterocycles. The van der Waals surface area contributed by atoms with E-state index in [1.165, 1.54) is 0 Å². The number of hydrogen-bond donors (Lipinski definition) is 1. The molecule has 0 aliphatic carbocycles. The van der Waals surface area contributed by atoms with E-state index < -0.39 is 5.60 Å². The van der Waals surface area contributed by atoms with Crippen LogP contribution in [0, 0.1) is 0 Å². The highest BCUT2D eigenvalue weighted by molar-refractivity contribution is 9.10. The first-order valence-electron chi connectivity index (χ1n) is 13.3. The van der Waals surface area contributed by atoms with Crippen molar-refractivity contribution in [3.05, 3.63) is 167 Å². The van der Waals surface area contributed by atoms with Gasteiger partial charge < -0.3 is 9.52 Å². The lowest BCUT2D eigenvalue weighted by Gasteiger charge is -2.32. The number of fused-ring (bicyclic) bond motifs is 3. The molecule has 192 valence electrons. The summed E-state index contributed by atoms with van der Waals surface area (Å²) in [6.07, 6.45) is 0. The third-order valence-electron chi connectivity index (χ3n) is 7.64. The van der Waals surface area contributed by atoms with Crippen LogP contribution in [-0.2, 0) is 5.60 Å². The van der Waals surface area contributed by atoms with E-state index in [1.54, 1.807) is 0 Å². The second-order valence-corrected chi connectivity index (χ2v) is 10.9. The molecule has 1 N–H and O–H groups in total. The lowest BCUT2D eigenvalue weighted by atomic mass is 9.77. The van der Waals surface area contributed by atoms with Gasteiger partial charge in [0.15, 0.2) is 0 Å². The van der Waals surface area contributed by atoms with E-state index in [2.05, 4.69) is 70.5 Å². The number of para-hydroxylation sites is 2. The van der Waals surface area contributed by atoms with E-state index in [4.69, 9.17) is 4.42 Å². The van der Waals surface area contributed by atoms with E-state index in [0.717, 1.165) is 65.4 Å². The highest BCUT2D eigenvalue weighted by atomic mass is 79.9. The van der Waals surface area contributed by atoms with Crippen LogP contribution >= 0.6 is 15.9 Å². The predicted molar refractivity (Wildman–Crippen MR) is 167 cm³/mol. The highest BCUT2D eigenvalue weighted by Crippen LogP contribution is 2.44. The standard InChI is InChI=1S/C37H25BrO2/c38-29-21-22-30(34(24-29)37(39,27-13-3-1-4-14-27)28-15-5-2-6-16-28)25-11-9-12-26(23-25)31-18-10-19-33-32-17-7-8-20-35(32)40-36(31)33/h1-24,39H. The summed E-state index contributed by atoms with van der Waals surface area (Å²) in [4.78, 5) is 0. The molecule has 0 aliphatic heterocycles. The van der Waals surface area contributed by atoms with Gasteiger partial charge in [-0.05, 0) is 52.1 Å². The summed E-state index contributed by atoms with van der Waals surface area (Å²) in [5, 5.41) is 14.9. The van der Waals surface area contributed by atoms with Crippen LogP contribution in [0.2, 0.25) is 0 Å². The van der Waals surface area contributed by atoms with Gasteiger partial charge in [0, 0.05) is 26.4 Å². The largest absolute Gasteiger partial charge is 0.455 e. The molecule has 0 bridgehead atoms. The minimum atomic E-state index is -1.36. The maximum atomic E-state index is 12.7. The summed E-state index contributed by atoms with van der Waals surface area (Å²) in [6, 6.07) is 48.8. The van der Waals surface area contributed by atoms with Gasteiger partial charge in [0.05, 0.1) is 0 Å². The lowest BCUT2D eigenvalue weighted by Crippen LogP contribution is -2.29. The minimum absolute atomic E-state index is 0.804. The van der Waals surface area contributed by atoms with Gasteiger partial charge in [-0.3, -0.25) is 0 Å². The number of rotatable bonds is 5. The van der Waals surface area contributed by atoms with Crippen LogP contribution in [-0.4, -0.2) is 5.11 Å². The van der Waals surface area contributed by atoms with Gasteiger partial charge in [0.2, 0.25) is 0 Å². The Morgan fingerprint density at radius 1 is 0.525 bits per heavy atom. The molecule has 2 nitrogen and oxygen atoms in total. The average molecular weight is 582 g/mol. The number of aliphatic hydroxyl groups is 1. The monoisotopic (exact) mass is 580 g/mol. The molecule has 7 rings (SSSR count). The van der Waals surface area contributed by atoms with Gasteiger partial charge >= 0.3 is 0 Å². The molecule has 0 radical (unpaired) electrons. The molecule has 0 unspecified atom stereocenters. The SMILES string of the molecule is OC(c1ccccc1)(c1ccccc1)c1cc(Br)ccc1-c1cccc(-c2cccc3c2oc2ccccc23)c1. The molecule has 0 saturated heterocycles. The molecule has 7 aromatic rings.